The molecule has 122 valence electrons. The van der Waals surface area contributed by atoms with Gasteiger partial charge in [-0.05, 0) is 24.0 Å². The van der Waals surface area contributed by atoms with Crippen LogP contribution in [0.1, 0.15) is 36.4 Å². The SMILES string of the molecule is Cl.NC(CC(=O)N(Cc1ccccc1)C1CC1)c1ccccc1. The summed E-state index contributed by atoms with van der Waals surface area (Å²) in [6.07, 6.45) is 2.59. The smallest absolute Gasteiger partial charge is 0.225 e. The fourth-order valence-electron chi connectivity index (χ4n) is 2.71. The number of nitrogens with zero attached hydrogens (tertiary/aromatic N) is 1. The Morgan fingerprint density at radius 3 is 2.17 bits per heavy atom. The van der Waals surface area contributed by atoms with Crippen LogP contribution < -0.4 is 5.73 Å². The van der Waals surface area contributed by atoms with Gasteiger partial charge in [-0.15, -0.1) is 12.4 Å². The molecule has 0 radical (unpaired) electrons. The van der Waals surface area contributed by atoms with Gasteiger partial charge < -0.3 is 10.6 Å². The summed E-state index contributed by atoms with van der Waals surface area (Å²) >= 11 is 0. The van der Waals surface area contributed by atoms with E-state index in [9.17, 15) is 4.79 Å². The predicted octanol–water partition coefficient (Wildman–Crippen LogP) is 3.69. The first kappa shape index (κ1) is 17.5. The van der Waals surface area contributed by atoms with Gasteiger partial charge in [0.25, 0.3) is 0 Å². The van der Waals surface area contributed by atoms with Crippen molar-refractivity contribution >= 4 is 18.3 Å². The zero-order valence-corrected chi connectivity index (χ0v) is 13.9. The zero-order chi connectivity index (χ0) is 15.4. The van der Waals surface area contributed by atoms with Crippen LogP contribution in [0.15, 0.2) is 60.7 Å². The zero-order valence-electron chi connectivity index (χ0n) is 13.1. The highest BCUT2D eigenvalue weighted by molar-refractivity contribution is 5.85. The van der Waals surface area contributed by atoms with Crippen molar-refractivity contribution in [2.75, 3.05) is 0 Å². The number of benzene rings is 2. The summed E-state index contributed by atoms with van der Waals surface area (Å²) in [7, 11) is 0. The monoisotopic (exact) mass is 330 g/mol. The van der Waals surface area contributed by atoms with Crippen molar-refractivity contribution in [3.8, 4) is 0 Å². The number of nitrogens with two attached hydrogens (primary N) is 1. The van der Waals surface area contributed by atoms with Crippen molar-refractivity contribution in [2.24, 2.45) is 5.73 Å². The van der Waals surface area contributed by atoms with Crippen LogP contribution in [0.25, 0.3) is 0 Å². The molecule has 3 nitrogen and oxygen atoms in total. The minimum atomic E-state index is -0.231. The van der Waals surface area contributed by atoms with Crippen molar-refractivity contribution in [1.82, 2.24) is 4.90 Å². The van der Waals surface area contributed by atoms with E-state index in [2.05, 4.69) is 12.1 Å². The third-order valence-electron chi connectivity index (χ3n) is 4.13. The largest absolute Gasteiger partial charge is 0.335 e. The van der Waals surface area contributed by atoms with Crippen molar-refractivity contribution in [2.45, 2.75) is 37.9 Å². The van der Waals surface area contributed by atoms with Crippen LogP contribution in [0.4, 0.5) is 0 Å². The van der Waals surface area contributed by atoms with Crippen LogP contribution in [0.5, 0.6) is 0 Å². The molecule has 2 N–H and O–H groups in total. The molecule has 0 bridgehead atoms. The summed E-state index contributed by atoms with van der Waals surface area (Å²) in [5, 5.41) is 0. The van der Waals surface area contributed by atoms with E-state index < -0.39 is 0 Å². The van der Waals surface area contributed by atoms with Gasteiger partial charge in [-0.3, -0.25) is 4.79 Å². The summed E-state index contributed by atoms with van der Waals surface area (Å²) in [5.74, 6) is 0.155. The Bertz CT molecular complexity index is 614. The Kier molecular flexibility index (Phi) is 6.20. The number of hydrogen-bond donors (Lipinski definition) is 1. The molecule has 4 heteroatoms. The van der Waals surface area contributed by atoms with Gasteiger partial charge in [0.05, 0.1) is 0 Å². The highest BCUT2D eigenvalue weighted by Gasteiger charge is 2.33. The number of halogens is 1. The van der Waals surface area contributed by atoms with E-state index in [1.165, 1.54) is 5.56 Å². The molecule has 0 aromatic heterocycles. The van der Waals surface area contributed by atoms with E-state index >= 15 is 0 Å². The molecule has 3 rings (SSSR count). The number of rotatable bonds is 6. The van der Waals surface area contributed by atoms with Gasteiger partial charge in [0, 0.05) is 25.0 Å². The second-order valence-corrected chi connectivity index (χ2v) is 5.96. The fourth-order valence-corrected chi connectivity index (χ4v) is 2.71. The van der Waals surface area contributed by atoms with E-state index in [-0.39, 0.29) is 24.4 Å². The van der Waals surface area contributed by atoms with Crippen LogP contribution in [-0.2, 0) is 11.3 Å². The van der Waals surface area contributed by atoms with E-state index in [0.29, 0.717) is 19.0 Å². The van der Waals surface area contributed by atoms with E-state index in [0.717, 1.165) is 18.4 Å². The second kappa shape index (κ2) is 8.14. The quantitative estimate of drug-likeness (QED) is 0.878. The molecule has 1 aliphatic rings. The lowest BCUT2D eigenvalue weighted by Crippen LogP contribution is -2.34. The molecule has 1 fully saturated rings. The molecule has 0 spiro atoms. The maximum atomic E-state index is 12.7. The van der Waals surface area contributed by atoms with Gasteiger partial charge in [-0.2, -0.15) is 0 Å². The highest BCUT2D eigenvalue weighted by atomic mass is 35.5. The molecular weight excluding hydrogens is 308 g/mol. The van der Waals surface area contributed by atoms with Gasteiger partial charge in [0.2, 0.25) is 5.91 Å². The Morgan fingerprint density at radius 2 is 1.61 bits per heavy atom. The van der Waals surface area contributed by atoms with Crippen LogP contribution in [0, 0.1) is 0 Å². The summed E-state index contributed by atoms with van der Waals surface area (Å²) in [6.45, 7) is 0.686. The van der Waals surface area contributed by atoms with E-state index in [1.807, 2.05) is 53.4 Å². The van der Waals surface area contributed by atoms with Crippen LogP contribution in [0.2, 0.25) is 0 Å². The van der Waals surface area contributed by atoms with Crippen molar-refractivity contribution in [1.29, 1.82) is 0 Å². The lowest BCUT2D eigenvalue weighted by atomic mass is 10.0. The van der Waals surface area contributed by atoms with Gasteiger partial charge in [0.15, 0.2) is 0 Å². The number of carbonyl (C=O) groups is 1. The minimum Gasteiger partial charge on any atom is -0.335 e. The standard InChI is InChI=1S/C19H22N2O.ClH/c20-18(16-9-5-2-6-10-16)13-19(22)21(17-11-12-17)14-15-7-3-1-4-8-15;/h1-10,17-18H,11-14,20H2;1H. The summed E-state index contributed by atoms with van der Waals surface area (Å²) < 4.78 is 0. The molecule has 0 aliphatic heterocycles. The third kappa shape index (κ3) is 4.81. The van der Waals surface area contributed by atoms with Gasteiger partial charge in [0.1, 0.15) is 0 Å². The molecule has 0 saturated heterocycles. The topological polar surface area (TPSA) is 46.3 Å². The Balaban J connectivity index is 0.00000192. The van der Waals surface area contributed by atoms with Gasteiger partial charge in [-0.1, -0.05) is 60.7 Å². The molecule has 2 aromatic rings. The van der Waals surface area contributed by atoms with Crippen molar-refractivity contribution in [3.63, 3.8) is 0 Å². The number of hydrogen-bond acceptors (Lipinski definition) is 2. The number of amides is 1. The average molecular weight is 331 g/mol. The van der Waals surface area contributed by atoms with E-state index in [4.69, 9.17) is 5.73 Å². The predicted molar refractivity (Wildman–Crippen MR) is 95.2 cm³/mol. The lowest BCUT2D eigenvalue weighted by Gasteiger charge is -2.24. The average Bonchev–Trinajstić information content (AvgIpc) is 3.39. The van der Waals surface area contributed by atoms with Crippen LogP contribution in [0.3, 0.4) is 0 Å². The minimum absolute atomic E-state index is 0. The first-order valence-corrected chi connectivity index (χ1v) is 7.88. The molecule has 0 heterocycles. The Labute approximate surface area is 143 Å². The molecule has 23 heavy (non-hydrogen) atoms. The molecule has 1 aliphatic carbocycles. The van der Waals surface area contributed by atoms with E-state index in [1.54, 1.807) is 0 Å². The summed E-state index contributed by atoms with van der Waals surface area (Å²) in [5.41, 5.74) is 8.40. The Hall–Kier alpha value is -1.84. The summed E-state index contributed by atoms with van der Waals surface area (Å²) in [4.78, 5) is 14.7. The first-order chi connectivity index (χ1) is 10.7. The molecule has 1 saturated carbocycles. The van der Waals surface area contributed by atoms with Crippen LogP contribution in [-0.4, -0.2) is 16.8 Å². The normalized spacial score (nSPS) is 14.7. The maximum Gasteiger partial charge on any atom is 0.225 e. The second-order valence-electron chi connectivity index (χ2n) is 5.96. The van der Waals surface area contributed by atoms with Crippen molar-refractivity contribution < 1.29 is 4.79 Å². The number of carbonyl (C=O) groups excluding carboxylic acids is 1. The maximum absolute atomic E-state index is 12.7. The highest BCUT2D eigenvalue weighted by Crippen LogP contribution is 2.30. The lowest BCUT2D eigenvalue weighted by molar-refractivity contribution is -0.132. The molecule has 1 unspecified atom stereocenters. The molecule has 1 atom stereocenters. The molecular formula is C19H23ClN2O. The van der Waals surface area contributed by atoms with Crippen LogP contribution >= 0.6 is 12.4 Å². The Morgan fingerprint density at radius 1 is 1.04 bits per heavy atom. The summed E-state index contributed by atoms with van der Waals surface area (Å²) in [6, 6.07) is 20.2. The van der Waals surface area contributed by atoms with Gasteiger partial charge in [-0.25, -0.2) is 0 Å². The molecule has 2 aromatic carbocycles. The van der Waals surface area contributed by atoms with Crippen molar-refractivity contribution in [3.05, 3.63) is 71.8 Å². The first-order valence-electron chi connectivity index (χ1n) is 7.88. The van der Waals surface area contributed by atoms with Gasteiger partial charge >= 0.3 is 0 Å². The third-order valence-corrected chi connectivity index (χ3v) is 4.13. The molecule has 1 amide bonds. The fraction of sp³-hybridized carbons (Fsp3) is 0.316.